The van der Waals surface area contributed by atoms with Crippen molar-refractivity contribution in [1.82, 2.24) is 4.90 Å². The molecule has 1 saturated heterocycles. The summed E-state index contributed by atoms with van der Waals surface area (Å²) in [5.74, 6) is 0.826. The third-order valence-corrected chi connectivity index (χ3v) is 7.10. The summed E-state index contributed by atoms with van der Waals surface area (Å²) in [4.78, 5) is 2.61. The van der Waals surface area contributed by atoms with Crippen LogP contribution in [-0.2, 0) is 11.2 Å². The van der Waals surface area contributed by atoms with Crippen molar-refractivity contribution >= 4 is 17.2 Å². The van der Waals surface area contributed by atoms with Crippen molar-refractivity contribution in [3.05, 3.63) is 75.4 Å². The molecule has 0 spiro atoms. The Bertz CT molecular complexity index is 907. The van der Waals surface area contributed by atoms with Crippen LogP contribution in [0.25, 0.3) is 5.57 Å². The number of hydrogen-bond donors (Lipinski definition) is 0. The van der Waals surface area contributed by atoms with Gasteiger partial charge in [0.05, 0.1) is 6.10 Å². The number of nitrogens with zero attached hydrogens (tertiary/aromatic N) is 1. The van der Waals surface area contributed by atoms with Crippen molar-refractivity contribution in [2.45, 2.75) is 45.6 Å². The van der Waals surface area contributed by atoms with Crippen LogP contribution in [0, 0.1) is 5.92 Å². The fourth-order valence-electron chi connectivity index (χ4n) is 5.01. The zero-order valence-corrected chi connectivity index (χ0v) is 18.7. The number of benzene rings is 1. The maximum Gasteiger partial charge on any atom is 0.0819 e. The summed E-state index contributed by atoms with van der Waals surface area (Å²) in [5.41, 5.74) is 8.99. The minimum Gasteiger partial charge on any atom is -0.377 e. The van der Waals surface area contributed by atoms with Gasteiger partial charge in [-0.05, 0) is 78.1 Å². The second kappa shape index (κ2) is 8.63. The quantitative estimate of drug-likeness (QED) is 0.571. The summed E-state index contributed by atoms with van der Waals surface area (Å²) >= 11 is 6.56. The Morgan fingerprint density at radius 3 is 2.83 bits per heavy atom. The highest BCUT2D eigenvalue weighted by molar-refractivity contribution is 6.31. The van der Waals surface area contributed by atoms with E-state index in [-0.39, 0.29) is 6.10 Å². The topological polar surface area (TPSA) is 12.5 Å². The molecule has 4 rings (SSSR count). The standard InChI is InChI=1S/C26H32ClNO/c1-17-8-10-28(16-17)11-9-20-15-26(29-4)19(3)13-23(20)21-12-18(2)22-6-5-7-25(27)24(22)14-21/h5-7,12-13,17,26H,2,8-11,14-16H2,1,3-4H3. The minimum absolute atomic E-state index is 0.189. The fraction of sp³-hybridized carbons (Fsp3) is 0.462. The molecule has 0 amide bonds. The average Bonchev–Trinajstić information content (AvgIpc) is 3.12. The van der Waals surface area contributed by atoms with Crippen molar-refractivity contribution in [3.63, 3.8) is 0 Å². The van der Waals surface area contributed by atoms with E-state index < -0.39 is 0 Å². The predicted octanol–water partition coefficient (Wildman–Crippen LogP) is 6.23. The van der Waals surface area contributed by atoms with E-state index in [1.165, 1.54) is 52.9 Å². The molecule has 3 heteroatoms. The number of methoxy groups -OCH3 is 1. The molecule has 0 N–H and O–H groups in total. The van der Waals surface area contributed by atoms with Crippen LogP contribution in [0.2, 0.25) is 5.02 Å². The van der Waals surface area contributed by atoms with Crippen molar-refractivity contribution in [3.8, 4) is 0 Å². The molecule has 1 aromatic rings. The van der Waals surface area contributed by atoms with Crippen LogP contribution < -0.4 is 0 Å². The van der Waals surface area contributed by atoms with Gasteiger partial charge < -0.3 is 9.64 Å². The summed E-state index contributed by atoms with van der Waals surface area (Å²) in [5, 5.41) is 0.841. The number of halogens is 1. The maximum absolute atomic E-state index is 6.56. The van der Waals surface area contributed by atoms with E-state index in [4.69, 9.17) is 16.3 Å². The lowest BCUT2D eigenvalue weighted by Gasteiger charge is -2.30. The van der Waals surface area contributed by atoms with E-state index in [0.717, 1.165) is 42.3 Å². The van der Waals surface area contributed by atoms with Crippen molar-refractivity contribution in [2.24, 2.45) is 5.92 Å². The first kappa shape index (κ1) is 20.7. The molecule has 0 aromatic heterocycles. The van der Waals surface area contributed by atoms with Crippen LogP contribution in [0.1, 0.15) is 44.2 Å². The summed E-state index contributed by atoms with van der Waals surface area (Å²) in [6, 6.07) is 6.13. The van der Waals surface area contributed by atoms with Gasteiger partial charge in [-0.2, -0.15) is 0 Å². The molecule has 2 unspecified atom stereocenters. The number of ether oxygens (including phenoxy) is 1. The van der Waals surface area contributed by atoms with E-state index >= 15 is 0 Å². The number of fused-ring (bicyclic) bond motifs is 1. The number of allylic oxidation sites excluding steroid dienone is 5. The van der Waals surface area contributed by atoms with E-state index in [2.05, 4.69) is 43.5 Å². The molecule has 29 heavy (non-hydrogen) atoms. The first-order valence-electron chi connectivity index (χ1n) is 10.8. The summed E-state index contributed by atoms with van der Waals surface area (Å²) in [7, 11) is 1.82. The smallest absolute Gasteiger partial charge is 0.0819 e. The summed E-state index contributed by atoms with van der Waals surface area (Å²) in [6.45, 7) is 12.5. The van der Waals surface area contributed by atoms with Crippen molar-refractivity contribution in [2.75, 3.05) is 26.7 Å². The lowest BCUT2D eigenvalue weighted by molar-refractivity contribution is 0.129. The molecule has 3 aliphatic rings. The fourth-order valence-corrected chi connectivity index (χ4v) is 5.25. The van der Waals surface area contributed by atoms with Crippen molar-refractivity contribution < 1.29 is 4.74 Å². The van der Waals surface area contributed by atoms with E-state index in [0.29, 0.717) is 0 Å². The largest absolute Gasteiger partial charge is 0.377 e. The Morgan fingerprint density at radius 2 is 2.10 bits per heavy atom. The van der Waals surface area contributed by atoms with Crippen molar-refractivity contribution in [1.29, 1.82) is 0 Å². The van der Waals surface area contributed by atoms with Crippen LogP contribution in [0.5, 0.6) is 0 Å². The van der Waals surface area contributed by atoms with Crippen LogP contribution in [0.3, 0.4) is 0 Å². The average molecular weight is 410 g/mol. The van der Waals surface area contributed by atoms with Gasteiger partial charge in [0.25, 0.3) is 0 Å². The highest BCUT2D eigenvalue weighted by Crippen LogP contribution is 2.40. The zero-order chi connectivity index (χ0) is 20.5. The monoisotopic (exact) mass is 409 g/mol. The first-order valence-corrected chi connectivity index (χ1v) is 11.2. The van der Waals surface area contributed by atoms with Gasteiger partial charge >= 0.3 is 0 Å². The van der Waals surface area contributed by atoms with Crippen LogP contribution in [-0.4, -0.2) is 37.7 Å². The molecule has 1 aliphatic heterocycles. The first-order chi connectivity index (χ1) is 14.0. The minimum atomic E-state index is 0.189. The summed E-state index contributed by atoms with van der Waals surface area (Å²) < 4.78 is 5.78. The van der Waals surface area contributed by atoms with Crippen LogP contribution >= 0.6 is 11.6 Å². The Labute approximate surface area is 180 Å². The zero-order valence-electron chi connectivity index (χ0n) is 17.9. The van der Waals surface area contributed by atoms with Gasteiger partial charge in [0, 0.05) is 31.6 Å². The molecule has 0 bridgehead atoms. The van der Waals surface area contributed by atoms with Gasteiger partial charge in [-0.15, -0.1) is 0 Å². The molecular weight excluding hydrogens is 378 g/mol. The molecule has 1 heterocycles. The SMILES string of the molecule is C=C1C=C(C2=C(CCN3CCC(C)C3)CC(OC)C(C)=C2)Cc2c(Cl)cccc21. The molecule has 154 valence electrons. The molecule has 2 nitrogen and oxygen atoms in total. The van der Waals surface area contributed by atoms with Crippen LogP contribution in [0.15, 0.2) is 59.2 Å². The third kappa shape index (κ3) is 4.30. The lowest BCUT2D eigenvalue weighted by Crippen LogP contribution is -2.25. The molecule has 2 aliphatic carbocycles. The van der Waals surface area contributed by atoms with Gasteiger partial charge in [-0.3, -0.25) is 0 Å². The van der Waals surface area contributed by atoms with Crippen LogP contribution in [0.4, 0.5) is 0 Å². The normalized spacial score (nSPS) is 25.2. The van der Waals surface area contributed by atoms with Gasteiger partial charge in [0.15, 0.2) is 0 Å². The number of rotatable bonds is 5. The van der Waals surface area contributed by atoms with Gasteiger partial charge in [-0.25, -0.2) is 0 Å². The second-order valence-electron chi connectivity index (χ2n) is 8.92. The molecule has 1 aromatic carbocycles. The number of hydrogen-bond acceptors (Lipinski definition) is 2. The Morgan fingerprint density at radius 1 is 1.28 bits per heavy atom. The van der Waals surface area contributed by atoms with Gasteiger partial charge in [-0.1, -0.05) is 55.0 Å². The lowest BCUT2D eigenvalue weighted by atomic mass is 9.79. The third-order valence-electron chi connectivity index (χ3n) is 6.74. The predicted molar refractivity (Wildman–Crippen MR) is 123 cm³/mol. The molecule has 0 saturated carbocycles. The summed E-state index contributed by atoms with van der Waals surface area (Å²) in [6.07, 6.45) is 9.08. The van der Waals surface area contributed by atoms with Gasteiger partial charge in [0.2, 0.25) is 0 Å². The highest BCUT2D eigenvalue weighted by atomic mass is 35.5. The Balaban J connectivity index is 1.65. The Kier molecular flexibility index (Phi) is 6.15. The maximum atomic E-state index is 6.56. The van der Waals surface area contributed by atoms with E-state index in [1.807, 2.05) is 19.2 Å². The highest BCUT2D eigenvalue weighted by Gasteiger charge is 2.26. The number of likely N-dealkylation sites (tertiary alicyclic amines) is 1. The van der Waals surface area contributed by atoms with E-state index in [1.54, 1.807) is 0 Å². The molecule has 2 atom stereocenters. The molecular formula is C26H32ClNO. The van der Waals surface area contributed by atoms with Gasteiger partial charge in [0.1, 0.15) is 0 Å². The second-order valence-corrected chi connectivity index (χ2v) is 9.32. The molecule has 0 radical (unpaired) electrons. The van der Waals surface area contributed by atoms with E-state index in [9.17, 15) is 0 Å². The molecule has 1 fully saturated rings. The Hall–Kier alpha value is -1.61.